The molecule has 1 atom stereocenters. The minimum Gasteiger partial charge on any atom is -0.480 e. The van der Waals surface area contributed by atoms with Crippen LogP contribution in [0, 0.1) is 5.92 Å². The highest BCUT2D eigenvalue weighted by atomic mass is 16.4. The second-order valence-electron chi connectivity index (χ2n) is 6.08. The minimum absolute atomic E-state index is 0.320. The Bertz CT molecular complexity index is 311. The molecule has 0 aromatic heterocycles. The first-order chi connectivity index (χ1) is 9.14. The van der Waals surface area contributed by atoms with Crippen LogP contribution in [0.2, 0.25) is 0 Å². The number of carbonyl (C=O) groups is 1. The SMILES string of the molecule is CCNC(CN(CC)C1CCCC1)(C(=O)O)C1CC1. The van der Waals surface area contributed by atoms with E-state index >= 15 is 0 Å². The van der Waals surface area contributed by atoms with E-state index in [1.165, 1.54) is 25.7 Å². The van der Waals surface area contributed by atoms with Crippen molar-refractivity contribution < 1.29 is 9.90 Å². The van der Waals surface area contributed by atoms with Crippen LogP contribution in [0.25, 0.3) is 0 Å². The predicted octanol–water partition coefficient (Wildman–Crippen LogP) is 2.09. The zero-order chi connectivity index (χ0) is 13.9. The summed E-state index contributed by atoms with van der Waals surface area (Å²) in [4.78, 5) is 14.3. The maximum Gasteiger partial charge on any atom is 0.325 e. The van der Waals surface area contributed by atoms with Gasteiger partial charge in [0, 0.05) is 12.6 Å². The Morgan fingerprint density at radius 1 is 1.26 bits per heavy atom. The Labute approximate surface area is 116 Å². The van der Waals surface area contributed by atoms with Crippen molar-refractivity contribution in [2.45, 2.75) is 64.0 Å². The zero-order valence-electron chi connectivity index (χ0n) is 12.3. The molecule has 2 fully saturated rings. The van der Waals surface area contributed by atoms with Crippen molar-refractivity contribution in [3.05, 3.63) is 0 Å². The summed E-state index contributed by atoms with van der Waals surface area (Å²) in [6.45, 7) is 6.51. The second kappa shape index (κ2) is 6.23. The fourth-order valence-corrected chi connectivity index (χ4v) is 3.63. The Balaban J connectivity index is 2.10. The summed E-state index contributed by atoms with van der Waals surface area (Å²) < 4.78 is 0. The van der Waals surface area contributed by atoms with Crippen LogP contribution in [0.5, 0.6) is 0 Å². The average molecular weight is 268 g/mol. The number of carboxylic acid groups (broad SMARTS) is 1. The van der Waals surface area contributed by atoms with E-state index in [1.54, 1.807) is 0 Å². The van der Waals surface area contributed by atoms with Crippen molar-refractivity contribution in [3.63, 3.8) is 0 Å². The standard InChI is InChI=1S/C15H28N2O2/c1-3-16-15(14(18)19,12-9-10-12)11-17(4-2)13-7-5-6-8-13/h12-13,16H,3-11H2,1-2H3,(H,18,19). The highest BCUT2D eigenvalue weighted by molar-refractivity contribution is 5.80. The van der Waals surface area contributed by atoms with Gasteiger partial charge in [-0.25, -0.2) is 0 Å². The van der Waals surface area contributed by atoms with Crippen molar-refractivity contribution in [1.82, 2.24) is 10.2 Å². The van der Waals surface area contributed by atoms with E-state index in [4.69, 9.17) is 0 Å². The Morgan fingerprint density at radius 3 is 2.32 bits per heavy atom. The second-order valence-corrected chi connectivity index (χ2v) is 6.08. The van der Waals surface area contributed by atoms with E-state index in [0.717, 1.165) is 25.9 Å². The number of nitrogens with one attached hydrogen (secondary N) is 1. The molecule has 2 aliphatic rings. The molecule has 0 aromatic carbocycles. The molecule has 2 aliphatic carbocycles. The summed E-state index contributed by atoms with van der Waals surface area (Å²) in [5.74, 6) is -0.339. The van der Waals surface area contributed by atoms with Gasteiger partial charge < -0.3 is 10.4 Å². The maximum absolute atomic E-state index is 11.9. The van der Waals surface area contributed by atoms with Crippen LogP contribution < -0.4 is 5.32 Å². The van der Waals surface area contributed by atoms with Crippen LogP contribution in [0.15, 0.2) is 0 Å². The number of rotatable bonds is 8. The molecule has 4 nitrogen and oxygen atoms in total. The third-order valence-electron chi connectivity index (χ3n) is 4.85. The first-order valence-corrected chi connectivity index (χ1v) is 7.86. The number of hydrogen-bond donors (Lipinski definition) is 2. The predicted molar refractivity (Wildman–Crippen MR) is 76.3 cm³/mol. The van der Waals surface area contributed by atoms with Gasteiger partial charge in [-0.15, -0.1) is 0 Å². The lowest BCUT2D eigenvalue weighted by Gasteiger charge is -2.38. The smallest absolute Gasteiger partial charge is 0.325 e. The van der Waals surface area contributed by atoms with Gasteiger partial charge in [0.2, 0.25) is 0 Å². The van der Waals surface area contributed by atoms with Crippen molar-refractivity contribution in [2.75, 3.05) is 19.6 Å². The topological polar surface area (TPSA) is 52.6 Å². The van der Waals surface area contributed by atoms with E-state index in [9.17, 15) is 9.90 Å². The number of aliphatic carboxylic acids is 1. The van der Waals surface area contributed by atoms with Gasteiger partial charge in [-0.1, -0.05) is 26.7 Å². The van der Waals surface area contributed by atoms with Gasteiger partial charge in [0.25, 0.3) is 0 Å². The number of hydrogen-bond acceptors (Lipinski definition) is 3. The van der Waals surface area contributed by atoms with Gasteiger partial charge in [0.05, 0.1) is 0 Å². The normalized spacial score (nSPS) is 23.7. The summed E-state index contributed by atoms with van der Waals surface area (Å²) >= 11 is 0. The van der Waals surface area contributed by atoms with Crippen molar-refractivity contribution in [3.8, 4) is 0 Å². The van der Waals surface area contributed by atoms with Crippen molar-refractivity contribution >= 4 is 5.97 Å². The zero-order valence-corrected chi connectivity index (χ0v) is 12.3. The van der Waals surface area contributed by atoms with E-state index < -0.39 is 11.5 Å². The highest BCUT2D eigenvalue weighted by Crippen LogP contribution is 2.41. The summed E-state index contributed by atoms with van der Waals surface area (Å²) in [5.41, 5.74) is -0.715. The maximum atomic E-state index is 11.9. The van der Waals surface area contributed by atoms with Crippen LogP contribution in [0.4, 0.5) is 0 Å². The molecule has 0 bridgehead atoms. The van der Waals surface area contributed by atoms with Crippen LogP contribution in [0.1, 0.15) is 52.4 Å². The third-order valence-corrected chi connectivity index (χ3v) is 4.85. The lowest BCUT2D eigenvalue weighted by atomic mass is 9.91. The van der Waals surface area contributed by atoms with Crippen LogP contribution in [-0.4, -0.2) is 47.2 Å². The van der Waals surface area contributed by atoms with E-state index in [2.05, 4.69) is 17.1 Å². The fourth-order valence-electron chi connectivity index (χ4n) is 3.63. The summed E-state index contributed by atoms with van der Waals surface area (Å²) in [6, 6.07) is 0.598. The molecule has 2 saturated carbocycles. The number of likely N-dealkylation sites (N-methyl/N-ethyl adjacent to an activating group) is 2. The van der Waals surface area contributed by atoms with Gasteiger partial charge in [-0.05, 0) is 44.7 Å². The molecule has 0 heterocycles. The molecule has 0 aliphatic heterocycles. The van der Waals surface area contributed by atoms with Crippen LogP contribution in [-0.2, 0) is 4.79 Å². The molecule has 0 saturated heterocycles. The van der Waals surface area contributed by atoms with Gasteiger partial charge in [0.1, 0.15) is 5.54 Å². The third kappa shape index (κ3) is 3.11. The first-order valence-electron chi connectivity index (χ1n) is 7.86. The monoisotopic (exact) mass is 268 g/mol. The lowest BCUT2D eigenvalue weighted by molar-refractivity contribution is -0.147. The van der Waals surface area contributed by atoms with Gasteiger partial charge >= 0.3 is 5.97 Å². The molecular weight excluding hydrogens is 240 g/mol. The van der Waals surface area contributed by atoms with Crippen LogP contribution in [0.3, 0.4) is 0 Å². The fraction of sp³-hybridized carbons (Fsp3) is 0.933. The van der Waals surface area contributed by atoms with E-state index in [1.807, 2.05) is 6.92 Å². The molecule has 0 amide bonds. The molecule has 110 valence electrons. The lowest BCUT2D eigenvalue weighted by Crippen LogP contribution is -2.61. The minimum atomic E-state index is -0.715. The van der Waals surface area contributed by atoms with Gasteiger partial charge in [-0.3, -0.25) is 9.69 Å². The number of carboxylic acids is 1. The van der Waals surface area contributed by atoms with E-state index in [-0.39, 0.29) is 0 Å². The largest absolute Gasteiger partial charge is 0.480 e. The number of nitrogens with zero attached hydrogens (tertiary/aromatic N) is 1. The van der Waals surface area contributed by atoms with E-state index in [0.29, 0.717) is 18.5 Å². The summed E-state index contributed by atoms with van der Waals surface area (Å²) in [5, 5.41) is 13.1. The molecule has 1 unspecified atom stereocenters. The Morgan fingerprint density at radius 2 is 1.89 bits per heavy atom. The average Bonchev–Trinajstić information content (AvgIpc) is 3.10. The molecule has 2 N–H and O–H groups in total. The molecule has 19 heavy (non-hydrogen) atoms. The van der Waals surface area contributed by atoms with Gasteiger partial charge in [0.15, 0.2) is 0 Å². The Kier molecular flexibility index (Phi) is 4.85. The molecule has 4 heteroatoms. The quantitative estimate of drug-likeness (QED) is 0.708. The van der Waals surface area contributed by atoms with Gasteiger partial charge in [-0.2, -0.15) is 0 Å². The molecule has 0 radical (unpaired) electrons. The molecular formula is C15H28N2O2. The van der Waals surface area contributed by atoms with Crippen molar-refractivity contribution in [2.24, 2.45) is 5.92 Å². The highest BCUT2D eigenvalue weighted by Gasteiger charge is 2.52. The molecule has 2 rings (SSSR count). The summed E-state index contributed by atoms with van der Waals surface area (Å²) in [6.07, 6.45) is 7.18. The molecule has 0 spiro atoms. The van der Waals surface area contributed by atoms with Crippen LogP contribution >= 0.6 is 0 Å². The first kappa shape index (κ1) is 14.8. The van der Waals surface area contributed by atoms with Crippen molar-refractivity contribution in [1.29, 1.82) is 0 Å². The Hall–Kier alpha value is -0.610. The summed E-state index contributed by atoms with van der Waals surface area (Å²) in [7, 11) is 0. The molecule has 0 aromatic rings.